The number of anilines is 1. The van der Waals surface area contributed by atoms with E-state index in [0.29, 0.717) is 5.92 Å². The average Bonchev–Trinajstić information content (AvgIpc) is 2.93. The standard InChI is InChI=1S/C13H17N5/c1-2-6-12(7-3-1)18-8-4-5-11(10-18)9-13-14-16-17-15-13/h1-3,6-7,11H,4-5,8-10H2,(H,14,15,16,17). The van der Waals surface area contributed by atoms with Crippen molar-refractivity contribution in [1.29, 1.82) is 0 Å². The summed E-state index contributed by atoms with van der Waals surface area (Å²) in [5.74, 6) is 1.45. The molecule has 0 aliphatic carbocycles. The van der Waals surface area contributed by atoms with Gasteiger partial charge in [-0.1, -0.05) is 23.4 Å². The third kappa shape index (κ3) is 2.50. The van der Waals surface area contributed by atoms with Crippen molar-refractivity contribution < 1.29 is 0 Å². The minimum atomic E-state index is 0.622. The highest BCUT2D eigenvalue weighted by molar-refractivity contribution is 5.46. The highest BCUT2D eigenvalue weighted by Gasteiger charge is 2.21. The first kappa shape index (κ1) is 11.2. The van der Waals surface area contributed by atoms with Crippen molar-refractivity contribution in [2.24, 2.45) is 5.92 Å². The minimum Gasteiger partial charge on any atom is -0.371 e. The van der Waals surface area contributed by atoms with Crippen LogP contribution in [-0.2, 0) is 6.42 Å². The van der Waals surface area contributed by atoms with Crippen LogP contribution >= 0.6 is 0 Å². The second kappa shape index (κ2) is 5.16. The minimum absolute atomic E-state index is 0.622. The van der Waals surface area contributed by atoms with Gasteiger partial charge in [0.25, 0.3) is 0 Å². The molecule has 0 saturated carbocycles. The number of para-hydroxylation sites is 1. The molecule has 5 heteroatoms. The lowest BCUT2D eigenvalue weighted by Crippen LogP contribution is -2.36. The summed E-state index contributed by atoms with van der Waals surface area (Å²) in [7, 11) is 0. The molecule has 1 aromatic heterocycles. The number of aromatic nitrogens is 4. The number of rotatable bonds is 3. The fraction of sp³-hybridized carbons (Fsp3) is 0.462. The van der Waals surface area contributed by atoms with Crippen molar-refractivity contribution in [3.63, 3.8) is 0 Å². The normalized spacial score (nSPS) is 20.0. The van der Waals surface area contributed by atoms with Crippen LogP contribution in [0.2, 0.25) is 0 Å². The Morgan fingerprint density at radius 3 is 2.94 bits per heavy atom. The Hall–Kier alpha value is -1.91. The third-order valence-corrected chi connectivity index (χ3v) is 3.50. The predicted molar refractivity (Wildman–Crippen MR) is 69.3 cm³/mol. The van der Waals surface area contributed by atoms with Crippen LogP contribution in [-0.4, -0.2) is 33.7 Å². The predicted octanol–water partition coefficient (Wildman–Crippen LogP) is 1.66. The maximum absolute atomic E-state index is 4.04. The van der Waals surface area contributed by atoms with E-state index < -0.39 is 0 Å². The molecular formula is C13H17N5. The number of H-pyrrole nitrogens is 1. The molecule has 0 bridgehead atoms. The number of aromatic amines is 1. The van der Waals surface area contributed by atoms with Crippen LogP contribution in [0.25, 0.3) is 0 Å². The van der Waals surface area contributed by atoms with Crippen LogP contribution in [0.1, 0.15) is 18.7 Å². The molecule has 0 amide bonds. The summed E-state index contributed by atoms with van der Waals surface area (Å²) in [6, 6.07) is 10.6. The Kier molecular flexibility index (Phi) is 3.21. The van der Waals surface area contributed by atoms with Gasteiger partial charge in [-0.05, 0) is 30.9 Å². The van der Waals surface area contributed by atoms with Crippen molar-refractivity contribution in [3.05, 3.63) is 36.2 Å². The third-order valence-electron chi connectivity index (χ3n) is 3.50. The molecule has 1 aromatic carbocycles. The van der Waals surface area contributed by atoms with E-state index in [-0.39, 0.29) is 0 Å². The maximum atomic E-state index is 4.04. The first-order valence-electron chi connectivity index (χ1n) is 6.44. The van der Waals surface area contributed by atoms with E-state index in [0.717, 1.165) is 25.3 Å². The lowest BCUT2D eigenvalue weighted by atomic mass is 9.94. The van der Waals surface area contributed by atoms with Gasteiger partial charge < -0.3 is 4.90 Å². The SMILES string of the molecule is c1ccc(N2CCCC(Cc3nn[nH]n3)C2)cc1. The molecule has 1 N–H and O–H groups in total. The number of tetrazole rings is 1. The molecule has 1 fully saturated rings. The molecule has 3 rings (SSSR count). The fourth-order valence-electron chi connectivity index (χ4n) is 2.63. The van der Waals surface area contributed by atoms with E-state index in [1.165, 1.54) is 18.5 Å². The molecule has 1 aliphatic heterocycles. The van der Waals surface area contributed by atoms with Crippen molar-refractivity contribution >= 4 is 5.69 Å². The molecule has 0 spiro atoms. The molecule has 0 radical (unpaired) electrons. The Bertz CT molecular complexity index is 467. The smallest absolute Gasteiger partial charge is 0.174 e. The summed E-state index contributed by atoms with van der Waals surface area (Å²) in [6.45, 7) is 2.23. The van der Waals surface area contributed by atoms with E-state index in [9.17, 15) is 0 Å². The van der Waals surface area contributed by atoms with Crippen LogP contribution in [0.5, 0.6) is 0 Å². The zero-order valence-corrected chi connectivity index (χ0v) is 10.3. The summed E-state index contributed by atoms with van der Waals surface area (Å²) in [4.78, 5) is 2.45. The maximum Gasteiger partial charge on any atom is 0.174 e. The van der Waals surface area contributed by atoms with Gasteiger partial charge in [0.1, 0.15) is 0 Å². The molecule has 1 saturated heterocycles. The second-order valence-electron chi connectivity index (χ2n) is 4.82. The number of benzene rings is 1. The molecule has 94 valence electrons. The summed E-state index contributed by atoms with van der Waals surface area (Å²) in [5, 5.41) is 14.2. The number of piperidine rings is 1. The molecule has 18 heavy (non-hydrogen) atoms. The Morgan fingerprint density at radius 2 is 2.17 bits per heavy atom. The Labute approximate surface area is 106 Å². The molecule has 2 heterocycles. The van der Waals surface area contributed by atoms with Gasteiger partial charge in [-0.25, -0.2) is 0 Å². The lowest BCUT2D eigenvalue weighted by molar-refractivity contribution is 0.406. The monoisotopic (exact) mass is 243 g/mol. The quantitative estimate of drug-likeness (QED) is 0.890. The van der Waals surface area contributed by atoms with Gasteiger partial charge in [0.05, 0.1) is 0 Å². The molecule has 1 aliphatic rings. The molecule has 2 aromatic rings. The van der Waals surface area contributed by atoms with Crippen molar-refractivity contribution in [2.45, 2.75) is 19.3 Å². The molecule has 1 atom stereocenters. The second-order valence-corrected chi connectivity index (χ2v) is 4.82. The van der Waals surface area contributed by atoms with Crippen LogP contribution in [0.3, 0.4) is 0 Å². The van der Waals surface area contributed by atoms with Gasteiger partial charge >= 0.3 is 0 Å². The lowest BCUT2D eigenvalue weighted by Gasteiger charge is -2.34. The van der Waals surface area contributed by atoms with Gasteiger partial charge in [0.15, 0.2) is 5.82 Å². The van der Waals surface area contributed by atoms with Gasteiger partial charge in [-0.3, -0.25) is 0 Å². The van der Waals surface area contributed by atoms with E-state index in [2.05, 4.69) is 55.9 Å². The largest absolute Gasteiger partial charge is 0.371 e. The van der Waals surface area contributed by atoms with Crippen LogP contribution in [0.15, 0.2) is 30.3 Å². The number of nitrogens with one attached hydrogen (secondary N) is 1. The number of nitrogens with zero attached hydrogens (tertiary/aromatic N) is 4. The fourth-order valence-corrected chi connectivity index (χ4v) is 2.63. The van der Waals surface area contributed by atoms with E-state index in [1.807, 2.05) is 0 Å². The van der Waals surface area contributed by atoms with Gasteiger partial charge in [-0.2, -0.15) is 5.21 Å². The molecule has 5 nitrogen and oxygen atoms in total. The summed E-state index contributed by atoms with van der Waals surface area (Å²) < 4.78 is 0. The first-order valence-corrected chi connectivity index (χ1v) is 6.44. The number of hydrogen-bond donors (Lipinski definition) is 1. The van der Waals surface area contributed by atoms with Gasteiger partial charge in [0.2, 0.25) is 0 Å². The highest BCUT2D eigenvalue weighted by Crippen LogP contribution is 2.24. The summed E-state index contributed by atoms with van der Waals surface area (Å²) in [5.41, 5.74) is 1.32. The Morgan fingerprint density at radius 1 is 1.28 bits per heavy atom. The van der Waals surface area contributed by atoms with Crippen LogP contribution in [0, 0.1) is 5.92 Å². The van der Waals surface area contributed by atoms with Crippen LogP contribution in [0.4, 0.5) is 5.69 Å². The van der Waals surface area contributed by atoms with E-state index >= 15 is 0 Å². The molecule has 1 unspecified atom stereocenters. The Balaban J connectivity index is 1.65. The highest BCUT2D eigenvalue weighted by atomic mass is 15.5. The van der Waals surface area contributed by atoms with E-state index in [1.54, 1.807) is 0 Å². The van der Waals surface area contributed by atoms with Crippen LogP contribution < -0.4 is 4.90 Å². The van der Waals surface area contributed by atoms with Crippen molar-refractivity contribution in [3.8, 4) is 0 Å². The summed E-state index contributed by atoms with van der Waals surface area (Å²) in [6.07, 6.45) is 3.40. The average molecular weight is 243 g/mol. The topological polar surface area (TPSA) is 57.7 Å². The zero-order valence-electron chi connectivity index (χ0n) is 10.3. The van der Waals surface area contributed by atoms with Crippen molar-refractivity contribution in [1.82, 2.24) is 20.6 Å². The van der Waals surface area contributed by atoms with Gasteiger partial charge in [0, 0.05) is 25.2 Å². The molecular weight excluding hydrogens is 226 g/mol. The van der Waals surface area contributed by atoms with Crippen molar-refractivity contribution in [2.75, 3.05) is 18.0 Å². The summed E-state index contributed by atoms with van der Waals surface area (Å²) >= 11 is 0. The van der Waals surface area contributed by atoms with Gasteiger partial charge in [-0.15, -0.1) is 10.2 Å². The van der Waals surface area contributed by atoms with E-state index in [4.69, 9.17) is 0 Å². The number of hydrogen-bond acceptors (Lipinski definition) is 4. The zero-order chi connectivity index (χ0) is 12.2. The first-order chi connectivity index (χ1) is 8.92.